The smallest absolute Gasteiger partial charge is 0.336 e. The summed E-state index contributed by atoms with van der Waals surface area (Å²) in [6.07, 6.45) is -1.58. The number of carbonyl (C=O) groups is 1. The Hall–Kier alpha value is -3.12. The van der Waals surface area contributed by atoms with Crippen molar-refractivity contribution in [3.63, 3.8) is 0 Å². The Morgan fingerprint density at radius 2 is 1.89 bits per heavy atom. The molecule has 1 amide bonds. The van der Waals surface area contributed by atoms with Gasteiger partial charge in [-0.2, -0.15) is 0 Å². The predicted octanol–water partition coefficient (Wildman–Crippen LogP) is 3.03. The molecular weight excluding hydrogens is 358 g/mol. The highest BCUT2D eigenvalue weighted by Gasteiger charge is 2.19. The van der Waals surface area contributed by atoms with Gasteiger partial charge < -0.3 is 19.6 Å². The summed E-state index contributed by atoms with van der Waals surface area (Å²) in [5.41, 5.74) is 2.23. The Balaban J connectivity index is 1.68. The maximum atomic E-state index is 12.3. The highest BCUT2D eigenvalue weighted by molar-refractivity contribution is 5.85. The molecule has 3 rings (SSSR count). The number of aliphatic hydroxyl groups is 1. The summed E-state index contributed by atoms with van der Waals surface area (Å²) < 4.78 is 11.1. The Bertz CT molecular complexity index is 1040. The highest BCUT2D eigenvalue weighted by Crippen LogP contribution is 2.28. The van der Waals surface area contributed by atoms with Crippen molar-refractivity contribution in [2.24, 2.45) is 0 Å². The molecule has 0 aliphatic rings. The van der Waals surface area contributed by atoms with Gasteiger partial charge in [-0.1, -0.05) is 30.3 Å². The molecule has 146 valence electrons. The largest absolute Gasteiger partial charge is 0.480 e. The normalized spacial score (nSPS) is 13.1. The molecule has 6 nitrogen and oxygen atoms in total. The van der Waals surface area contributed by atoms with E-state index < -0.39 is 17.8 Å². The summed E-state index contributed by atoms with van der Waals surface area (Å²) >= 11 is 0. The van der Waals surface area contributed by atoms with Gasteiger partial charge in [-0.25, -0.2) is 4.79 Å². The zero-order valence-corrected chi connectivity index (χ0v) is 16.1. The molecule has 6 heteroatoms. The Morgan fingerprint density at radius 3 is 2.61 bits per heavy atom. The second-order valence-corrected chi connectivity index (χ2v) is 6.75. The van der Waals surface area contributed by atoms with Gasteiger partial charge in [0.15, 0.2) is 6.10 Å². The number of hydrogen-bond donors (Lipinski definition) is 2. The summed E-state index contributed by atoms with van der Waals surface area (Å²) in [6.45, 7) is 5.33. The molecule has 2 N–H and O–H groups in total. The van der Waals surface area contributed by atoms with Crippen LogP contribution >= 0.6 is 0 Å². The van der Waals surface area contributed by atoms with Crippen LogP contribution in [-0.2, 0) is 4.79 Å². The number of ether oxygens (including phenoxy) is 1. The molecule has 0 unspecified atom stereocenters. The number of carbonyl (C=O) groups excluding carboxylic acids is 1. The average molecular weight is 381 g/mol. The summed E-state index contributed by atoms with van der Waals surface area (Å²) in [5.74, 6) is 0.118. The van der Waals surface area contributed by atoms with Crippen LogP contribution in [0.2, 0.25) is 0 Å². The van der Waals surface area contributed by atoms with E-state index in [0.717, 1.165) is 16.5 Å². The Kier molecular flexibility index (Phi) is 5.80. The van der Waals surface area contributed by atoms with E-state index in [2.05, 4.69) is 5.32 Å². The molecule has 0 saturated heterocycles. The first-order valence-electron chi connectivity index (χ1n) is 9.08. The number of aliphatic hydroxyl groups excluding tert-OH is 1. The second kappa shape index (κ2) is 8.27. The number of aryl methyl sites for hydroxylation is 2. The minimum Gasteiger partial charge on any atom is -0.480 e. The average Bonchev–Trinajstić information content (AvgIpc) is 2.68. The molecule has 0 aliphatic heterocycles. The first-order chi connectivity index (χ1) is 13.4. The minimum atomic E-state index is -0.794. The second-order valence-electron chi connectivity index (χ2n) is 6.75. The van der Waals surface area contributed by atoms with Crippen LogP contribution in [0.15, 0.2) is 57.7 Å². The van der Waals surface area contributed by atoms with Gasteiger partial charge in [0, 0.05) is 23.6 Å². The monoisotopic (exact) mass is 381 g/mol. The molecule has 2 aromatic carbocycles. The molecular formula is C22H23NO5. The fourth-order valence-corrected chi connectivity index (χ4v) is 3.01. The molecule has 0 fully saturated rings. The molecule has 0 spiro atoms. The third-order valence-corrected chi connectivity index (χ3v) is 4.65. The van der Waals surface area contributed by atoms with Crippen molar-refractivity contribution >= 4 is 16.9 Å². The lowest BCUT2D eigenvalue weighted by atomic mass is 10.1. The van der Waals surface area contributed by atoms with E-state index in [4.69, 9.17) is 9.15 Å². The van der Waals surface area contributed by atoms with Gasteiger partial charge in [0.05, 0.1) is 6.10 Å². The van der Waals surface area contributed by atoms with Gasteiger partial charge >= 0.3 is 5.63 Å². The van der Waals surface area contributed by atoms with Crippen molar-refractivity contribution in [3.8, 4) is 5.75 Å². The molecule has 0 bridgehead atoms. The van der Waals surface area contributed by atoms with Crippen LogP contribution in [0.3, 0.4) is 0 Å². The molecule has 3 aromatic rings. The van der Waals surface area contributed by atoms with Crippen LogP contribution in [-0.4, -0.2) is 23.7 Å². The van der Waals surface area contributed by atoms with Crippen molar-refractivity contribution in [2.75, 3.05) is 6.54 Å². The number of hydrogen-bond acceptors (Lipinski definition) is 5. The van der Waals surface area contributed by atoms with Gasteiger partial charge in [-0.05, 0) is 44.0 Å². The molecule has 1 heterocycles. The van der Waals surface area contributed by atoms with E-state index in [1.165, 1.54) is 6.07 Å². The van der Waals surface area contributed by atoms with Crippen LogP contribution in [0, 0.1) is 13.8 Å². The number of fused-ring (bicyclic) bond motifs is 1. The maximum Gasteiger partial charge on any atom is 0.336 e. The van der Waals surface area contributed by atoms with Gasteiger partial charge in [0.1, 0.15) is 11.3 Å². The van der Waals surface area contributed by atoms with Gasteiger partial charge in [0.2, 0.25) is 0 Å². The molecule has 0 saturated carbocycles. The van der Waals surface area contributed by atoms with E-state index >= 15 is 0 Å². The summed E-state index contributed by atoms with van der Waals surface area (Å²) in [7, 11) is 0. The number of nitrogens with one attached hydrogen (secondary N) is 1. The Labute approximate surface area is 162 Å². The molecule has 0 aliphatic carbocycles. The zero-order valence-electron chi connectivity index (χ0n) is 16.1. The van der Waals surface area contributed by atoms with Crippen molar-refractivity contribution in [1.82, 2.24) is 5.32 Å². The molecule has 0 radical (unpaired) electrons. The van der Waals surface area contributed by atoms with Gasteiger partial charge in [0.25, 0.3) is 5.91 Å². The van der Waals surface area contributed by atoms with E-state index in [0.29, 0.717) is 16.9 Å². The standard InChI is InChI=1S/C22H23NO5/c1-13-11-20(25)28-21-14(2)19(10-9-17(13)21)27-15(3)22(26)23-12-18(24)16-7-5-4-6-8-16/h4-11,15,18,24H,12H2,1-3H3,(H,23,26)/t15-,18+/m0/s1. The van der Waals surface area contributed by atoms with Crippen molar-refractivity contribution in [3.05, 3.63) is 75.6 Å². The quantitative estimate of drug-likeness (QED) is 0.641. The van der Waals surface area contributed by atoms with Gasteiger partial charge in [-0.15, -0.1) is 0 Å². The Morgan fingerprint density at radius 1 is 1.18 bits per heavy atom. The minimum absolute atomic E-state index is 0.0846. The maximum absolute atomic E-state index is 12.3. The molecule has 1 aromatic heterocycles. The van der Waals surface area contributed by atoms with E-state index in [1.54, 1.807) is 38.1 Å². The lowest BCUT2D eigenvalue weighted by Gasteiger charge is -2.18. The lowest BCUT2D eigenvalue weighted by Crippen LogP contribution is -2.38. The summed E-state index contributed by atoms with van der Waals surface area (Å²) in [5, 5.41) is 13.7. The fraction of sp³-hybridized carbons (Fsp3) is 0.273. The van der Waals surface area contributed by atoms with Crippen LogP contribution in [0.4, 0.5) is 0 Å². The third kappa shape index (κ3) is 4.23. The summed E-state index contributed by atoms with van der Waals surface area (Å²) in [4.78, 5) is 24.0. The number of amides is 1. The van der Waals surface area contributed by atoms with Crippen molar-refractivity contribution in [2.45, 2.75) is 33.0 Å². The third-order valence-electron chi connectivity index (χ3n) is 4.65. The van der Waals surface area contributed by atoms with Gasteiger partial charge in [-0.3, -0.25) is 4.79 Å². The van der Waals surface area contributed by atoms with Crippen LogP contribution < -0.4 is 15.7 Å². The molecule has 2 atom stereocenters. The van der Waals surface area contributed by atoms with Crippen molar-refractivity contribution in [1.29, 1.82) is 0 Å². The van der Waals surface area contributed by atoms with Crippen LogP contribution in [0.5, 0.6) is 5.75 Å². The van der Waals surface area contributed by atoms with E-state index in [1.807, 2.05) is 25.1 Å². The van der Waals surface area contributed by atoms with E-state index in [-0.39, 0.29) is 12.5 Å². The highest BCUT2D eigenvalue weighted by atomic mass is 16.5. The topological polar surface area (TPSA) is 88.8 Å². The van der Waals surface area contributed by atoms with Crippen LogP contribution in [0.25, 0.3) is 11.0 Å². The SMILES string of the molecule is Cc1cc(=O)oc2c(C)c(O[C@@H](C)C(=O)NC[C@@H](O)c3ccccc3)ccc12. The molecule has 28 heavy (non-hydrogen) atoms. The number of rotatable bonds is 6. The van der Waals surface area contributed by atoms with E-state index in [9.17, 15) is 14.7 Å². The van der Waals surface area contributed by atoms with Crippen LogP contribution in [0.1, 0.15) is 29.7 Å². The number of benzene rings is 2. The summed E-state index contributed by atoms with van der Waals surface area (Å²) in [6, 6.07) is 14.1. The van der Waals surface area contributed by atoms with Crippen molar-refractivity contribution < 1.29 is 19.1 Å². The first-order valence-corrected chi connectivity index (χ1v) is 9.08. The lowest BCUT2D eigenvalue weighted by molar-refractivity contribution is -0.127. The predicted molar refractivity (Wildman–Crippen MR) is 106 cm³/mol. The zero-order chi connectivity index (χ0) is 20.3. The fourth-order valence-electron chi connectivity index (χ4n) is 3.01. The first kappa shape index (κ1) is 19.6.